The Bertz CT molecular complexity index is 3430. The van der Waals surface area contributed by atoms with Gasteiger partial charge < -0.3 is 13.8 Å². The standard InChI is InChI=1S/C64H63N4O.Pt/c1-61(2,3)45-23-17-20-43(34-45)53-27-19-29-58-60(53)68(50-36-47(62(4,5)6)35-48(37-50)63(7,8)9)41-67(58,42-68)49-24-18-25-51(39-49)69-52-30-31-55-54-26-15-16-28-56(54)66(57(55)40-52)59-38-46(32-33-65-59)64(10,11)44-21-13-12-14-22-44;/h12-38,41H,42H2,1-11H3;/q-1;/t67-,68+;/m1./s1. The third kappa shape index (κ3) is 7.77. The minimum absolute atomic E-state index is 0. The summed E-state index contributed by atoms with van der Waals surface area (Å²) in [6.07, 6.45) is 1.93. The number of aromatic nitrogens is 2. The van der Waals surface area contributed by atoms with Crippen molar-refractivity contribution in [1.29, 1.82) is 0 Å². The molecule has 3 aliphatic heterocycles. The van der Waals surface area contributed by atoms with Crippen LogP contribution in [-0.4, -0.2) is 16.2 Å². The van der Waals surface area contributed by atoms with Crippen molar-refractivity contribution in [3.05, 3.63) is 211 Å². The molecule has 9 aromatic rings. The van der Waals surface area contributed by atoms with Crippen LogP contribution >= 0.6 is 0 Å². The van der Waals surface area contributed by atoms with Crippen molar-refractivity contribution >= 4 is 44.6 Å². The van der Waals surface area contributed by atoms with Crippen LogP contribution in [-0.2, 0) is 42.7 Å². The zero-order chi connectivity index (χ0) is 48.3. The summed E-state index contributed by atoms with van der Waals surface area (Å²) in [6.45, 7) is 28.8. The Morgan fingerprint density at radius 1 is 0.543 bits per heavy atom. The van der Waals surface area contributed by atoms with Gasteiger partial charge in [0.1, 0.15) is 11.5 Å². The molecule has 6 heteroatoms. The number of quaternary nitrogens is 2. The second-order valence-corrected chi connectivity index (χ2v) is 23.1. The molecule has 356 valence electrons. The molecular formula is C64H63N4OPt-. The molecular weight excluding hydrogens is 1040 g/mol. The number of hydrogen-bond acceptors (Lipinski definition) is 2. The van der Waals surface area contributed by atoms with E-state index in [9.17, 15) is 0 Å². The second kappa shape index (κ2) is 16.8. The summed E-state index contributed by atoms with van der Waals surface area (Å²) in [5.41, 5.74) is 15.6. The van der Waals surface area contributed by atoms with Crippen molar-refractivity contribution in [3.63, 3.8) is 0 Å². The summed E-state index contributed by atoms with van der Waals surface area (Å²) in [5, 5.41) is 2.24. The van der Waals surface area contributed by atoms with Gasteiger partial charge in [-0.2, -0.15) is 12.1 Å². The average Bonchev–Trinajstić information content (AvgIpc) is 3.92. The molecule has 0 radical (unpaired) electrons. The Balaban J connectivity index is 0.00000567. The Hall–Kier alpha value is -6.10. The van der Waals surface area contributed by atoms with E-state index >= 15 is 0 Å². The number of hydrogen-bond donors (Lipinski definition) is 0. The van der Waals surface area contributed by atoms with Gasteiger partial charge in [0.05, 0.1) is 6.67 Å². The van der Waals surface area contributed by atoms with Crippen molar-refractivity contribution in [2.75, 3.05) is 6.67 Å². The van der Waals surface area contributed by atoms with Crippen LogP contribution in [0, 0.1) is 18.8 Å². The van der Waals surface area contributed by atoms with Gasteiger partial charge in [-0.25, -0.2) is 4.98 Å². The van der Waals surface area contributed by atoms with E-state index in [1.54, 1.807) is 0 Å². The summed E-state index contributed by atoms with van der Waals surface area (Å²) < 4.78 is 10.3. The van der Waals surface area contributed by atoms with Gasteiger partial charge >= 0.3 is 0 Å². The molecule has 12 rings (SSSR count). The fraction of sp³-hybridized carbons (Fsp3) is 0.250. The molecule has 0 saturated carbocycles. The molecule has 2 bridgehead atoms. The topological polar surface area (TPSA) is 27.1 Å². The summed E-state index contributed by atoms with van der Waals surface area (Å²) in [7, 11) is 0. The molecule has 5 nitrogen and oxygen atoms in total. The predicted molar refractivity (Wildman–Crippen MR) is 288 cm³/mol. The molecule has 1 fully saturated rings. The van der Waals surface area contributed by atoms with Crippen LogP contribution in [0.5, 0.6) is 11.5 Å². The van der Waals surface area contributed by atoms with Crippen LogP contribution in [0.1, 0.15) is 104 Å². The van der Waals surface area contributed by atoms with Crippen molar-refractivity contribution in [3.8, 4) is 28.4 Å². The van der Waals surface area contributed by atoms with Crippen molar-refractivity contribution in [1.82, 2.24) is 18.5 Å². The van der Waals surface area contributed by atoms with E-state index in [0.29, 0.717) is 20.5 Å². The number of benzene rings is 7. The SMILES string of the molecule is CC(C)(C)c1cccc(-c2cccc3c2[N@@+]2(c4cc(C(C)(C)C)cc(C(C)(C)C)c4)[CH-][N@+]3(c3[c-]c(Oc4[c-]c5c(cc4)c4ccccc4n5-c4cc(C(C)(C)c5ccccc5)ccn4)ccc3)C2)c1.[Pt]. The van der Waals surface area contributed by atoms with Gasteiger partial charge in [0, 0.05) is 79.1 Å². The zero-order valence-electron chi connectivity index (χ0n) is 42.4. The van der Waals surface area contributed by atoms with E-state index < -0.39 is 0 Å². The number of ether oxygens (including phenoxy) is 1. The second-order valence-electron chi connectivity index (χ2n) is 23.1. The van der Waals surface area contributed by atoms with Gasteiger partial charge in [0.25, 0.3) is 0 Å². The zero-order valence-corrected chi connectivity index (χ0v) is 44.7. The number of nitrogens with zero attached hydrogens (tertiary/aromatic N) is 4. The molecule has 5 heterocycles. The van der Waals surface area contributed by atoms with E-state index in [-0.39, 0.29) is 42.7 Å². The molecule has 70 heavy (non-hydrogen) atoms. The Kier molecular flexibility index (Phi) is 11.4. The Labute approximate surface area is 429 Å². The first-order chi connectivity index (χ1) is 32.8. The van der Waals surface area contributed by atoms with Gasteiger partial charge in [-0.05, 0) is 79.3 Å². The third-order valence-electron chi connectivity index (χ3n) is 15.0. The maximum atomic E-state index is 6.84. The fourth-order valence-corrected chi connectivity index (χ4v) is 10.8. The van der Waals surface area contributed by atoms with Crippen LogP contribution in [0.15, 0.2) is 164 Å². The summed E-state index contributed by atoms with van der Waals surface area (Å²) in [5.74, 6) is 2.11. The van der Waals surface area contributed by atoms with Gasteiger partial charge in [0.2, 0.25) is 0 Å². The minimum atomic E-state index is -0.227. The Morgan fingerprint density at radius 2 is 1.19 bits per heavy atom. The van der Waals surface area contributed by atoms with Gasteiger partial charge in [-0.15, -0.1) is 29.7 Å². The van der Waals surface area contributed by atoms with E-state index in [4.69, 9.17) is 9.72 Å². The minimum Gasteiger partial charge on any atom is -0.509 e. The molecule has 0 spiro atoms. The molecule has 0 amide bonds. The molecule has 0 aliphatic carbocycles. The first-order valence-corrected chi connectivity index (χ1v) is 24.5. The normalized spacial score (nSPS) is 17.8. The number of rotatable bonds is 8. The van der Waals surface area contributed by atoms with Crippen LogP contribution in [0.3, 0.4) is 0 Å². The Morgan fingerprint density at radius 3 is 1.90 bits per heavy atom. The number of para-hydroxylation sites is 2. The number of pyridine rings is 1. The van der Waals surface area contributed by atoms with Crippen molar-refractivity contribution in [2.45, 2.75) is 97.8 Å². The quantitative estimate of drug-likeness (QED) is 0.112. The van der Waals surface area contributed by atoms with E-state index in [1.165, 1.54) is 56.0 Å². The maximum Gasteiger partial charge on any atom is 0.187 e. The van der Waals surface area contributed by atoms with Gasteiger partial charge in [-0.3, -0.25) is 4.48 Å². The first-order valence-electron chi connectivity index (χ1n) is 24.5. The van der Waals surface area contributed by atoms with Crippen molar-refractivity contribution in [2.24, 2.45) is 0 Å². The van der Waals surface area contributed by atoms with E-state index in [1.807, 2.05) is 18.3 Å². The number of fused-ring (bicyclic) bond motifs is 3. The fourth-order valence-electron chi connectivity index (χ4n) is 10.8. The largest absolute Gasteiger partial charge is 0.509 e. The third-order valence-corrected chi connectivity index (χ3v) is 15.0. The first kappa shape index (κ1) is 47.6. The summed E-state index contributed by atoms with van der Waals surface area (Å²) >= 11 is 0. The van der Waals surface area contributed by atoms with Crippen LogP contribution in [0.2, 0.25) is 0 Å². The van der Waals surface area contributed by atoms with Crippen LogP contribution in [0.25, 0.3) is 38.8 Å². The van der Waals surface area contributed by atoms with Crippen LogP contribution in [0.4, 0.5) is 22.7 Å². The summed E-state index contributed by atoms with van der Waals surface area (Å²) in [4.78, 5) is 4.98. The molecule has 7 aromatic carbocycles. The maximum absolute atomic E-state index is 6.84. The van der Waals surface area contributed by atoms with Crippen LogP contribution < -0.4 is 13.7 Å². The molecule has 0 unspecified atom stereocenters. The van der Waals surface area contributed by atoms with Gasteiger partial charge in [0.15, 0.2) is 18.0 Å². The van der Waals surface area contributed by atoms with Gasteiger partial charge in [-0.1, -0.05) is 173 Å². The monoisotopic (exact) mass is 1100 g/mol. The van der Waals surface area contributed by atoms with E-state index in [2.05, 4.69) is 245 Å². The molecule has 0 N–H and O–H groups in total. The molecule has 3 aliphatic rings. The predicted octanol–water partition coefficient (Wildman–Crippen LogP) is 16.8. The smallest absolute Gasteiger partial charge is 0.187 e. The summed E-state index contributed by atoms with van der Waals surface area (Å²) in [6, 6.07) is 65.1. The molecule has 2 aromatic heterocycles. The molecule has 2 atom stereocenters. The van der Waals surface area contributed by atoms with Crippen molar-refractivity contribution < 1.29 is 25.8 Å². The van der Waals surface area contributed by atoms with E-state index in [0.717, 1.165) is 40.0 Å². The average molecular weight is 1100 g/mol. The molecule has 1 saturated heterocycles.